The fourth-order valence-corrected chi connectivity index (χ4v) is 4.50. The number of nitrogens with zero attached hydrogens (tertiary/aromatic N) is 3. The number of fused-ring (bicyclic) bond motifs is 1. The first-order chi connectivity index (χ1) is 10.5. The van der Waals surface area contributed by atoms with Crippen molar-refractivity contribution in [1.82, 2.24) is 14.6 Å². The molecule has 22 heavy (non-hydrogen) atoms. The highest BCUT2D eigenvalue weighted by Gasteiger charge is 2.21. The molecule has 2 aromatic rings. The van der Waals surface area contributed by atoms with Crippen molar-refractivity contribution in [3.63, 3.8) is 0 Å². The summed E-state index contributed by atoms with van der Waals surface area (Å²) >= 11 is 0.907. The Morgan fingerprint density at radius 1 is 1.32 bits per heavy atom. The normalized spacial score (nSPS) is 11.4. The van der Waals surface area contributed by atoms with Gasteiger partial charge < -0.3 is 0 Å². The third-order valence-corrected chi connectivity index (χ3v) is 6.17. The molecule has 0 aromatic carbocycles. The molecule has 0 unspecified atom stereocenters. The lowest BCUT2D eigenvalue weighted by molar-refractivity contribution is 0.586. The van der Waals surface area contributed by atoms with Gasteiger partial charge in [0.15, 0.2) is 0 Å². The molecular formula is C14H17N3O3S2. The molecule has 118 valence electrons. The van der Waals surface area contributed by atoms with Crippen molar-refractivity contribution < 1.29 is 8.42 Å². The maximum absolute atomic E-state index is 12.3. The van der Waals surface area contributed by atoms with Gasteiger partial charge >= 0.3 is 0 Å². The van der Waals surface area contributed by atoms with E-state index in [9.17, 15) is 13.2 Å². The van der Waals surface area contributed by atoms with E-state index in [1.54, 1.807) is 6.92 Å². The maximum Gasteiger partial charge on any atom is 0.276 e. The van der Waals surface area contributed by atoms with E-state index in [-0.39, 0.29) is 15.1 Å². The summed E-state index contributed by atoms with van der Waals surface area (Å²) in [6.07, 6.45) is 3.52. The Morgan fingerprint density at radius 3 is 2.77 bits per heavy atom. The lowest BCUT2D eigenvalue weighted by Crippen LogP contribution is -2.15. The molecule has 0 atom stereocenters. The fraction of sp³-hybridized carbons (Fsp3) is 0.500. The molecule has 2 heterocycles. The Labute approximate surface area is 133 Å². The molecule has 2 rings (SSSR count). The first-order valence-corrected chi connectivity index (χ1v) is 9.51. The van der Waals surface area contributed by atoms with Gasteiger partial charge in [-0.2, -0.15) is 4.52 Å². The number of rotatable bonds is 6. The van der Waals surface area contributed by atoms with E-state index in [0.29, 0.717) is 12.1 Å². The summed E-state index contributed by atoms with van der Waals surface area (Å²) in [4.78, 5) is 16.3. The van der Waals surface area contributed by atoms with Gasteiger partial charge in [0.05, 0.1) is 5.75 Å². The smallest absolute Gasteiger partial charge is 0.267 e. The lowest BCUT2D eigenvalue weighted by Gasteiger charge is -1.99. The summed E-state index contributed by atoms with van der Waals surface area (Å²) in [5.41, 5.74) is -0.102. The van der Waals surface area contributed by atoms with E-state index < -0.39 is 15.4 Å². The van der Waals surface area contributed by atoms with Crippen LogP contribution < -0.4 is 5.56 Å². The Bertz CT molecular complexity index is 885. The second-order valence-corrected chi connectivity index (χ2v) is 8.04. The van der Waals surface area contributed by atoms with Crippen LogP contribution in [-0.4, -0.2) is 28.8 Å². The van der Waals surface area contributed by atoms with Crippen LogP contribution in [0.15, 0.2) is 15.2 Å². The molecule has 0 spiro atoms. The van der Waals surface area contributed by atoms with Crippen LogP contribution in [0.4, 0.5) is 0 Å². The third kappa shape index (κ3) is 3.72. The van der Waals surface area contributed by atoms with Crippen LogP contribution in [0.5, 0.6) is 0 Å². The molecule has 0 radical (unpaired) electrons. The molecular weight excluding hydrogens is 322 g/mol. The predicted octanol–water partition coefficient (Wildman–Crippen LogP) is 1.88. The van der Waals surface area contributed by atoms with E-state index in [1.165, 1.54) is 6.07 Å². The van der Waals surface area contributed by atoms with Gasteiger partial charge in [-0.3, -0.25) is 4.79 Å². The fourth-order valence-electron chi connectivity index (χ4n) is 1.92. The number of unbranched alkanes of at least 4 members (excludes halogenated alkanes) is 3. The Kier molecular flexibility index (Phi) is 5.32. The van der Waals surface area contributed by atoms with Crippen molar-refractivity contribution >= 4 is 26.1 Å². The van der Waals surface area contributed by atoms with Crippen LogP contribution in [0.2, 0.25) is 0 Å². The van der Waals surface area contributed by atoms with E-state index in [2.05, 4.69) is 28.8 Å². The van der Waals surface area contributed by atoms with Gasteiger partial charge in [0, 0.05) is 6.07 Å². The molecule has 0 bridgehead atoms. The number of aromatic nitrogens is 3. The molecule has 0 saturated heterocycles. The van der Waals surface area contributed by atoms with Gasteiger partial charge in [0.25, 0.3) is 5.56 Å². The Balaban J connectivity index is 2.34. The monoisotopic (exact) mass is 339 g/mol. The topological polar surface area (TPSA) is 81.4 Å². The van der Waals surface area contributed by atoms with Crippen LogP contribution in [0.25, 0.3) is 4.96 Å². The molecule has 0 aliphatic carbocycles. The minimum atomic E-state index is -3.47. The zero-order valence-corrected chi connectivity index (χ0v) is 14.1. The quantitative estimate of drug-likeness (QED) is 0.593. The average molecular weight is 339 g/mol. The molecule has 2 aromatic heterocycles. The van der Waals surface area contributed by atoms with Crippen molar-refractivity contribution in [2.45, 2.75) is 43.9 Å². The second kappa shape index (κ2) is 7.03. The zero-order valence-electron chi connectivity index (χ0n) is 12.5. The van der Waals surface area contributed by atoms with Crippen LogP contribution >= 0.6 is 11.3 Å². The maximum atomic E-state index is 12.3. The van der Waals surface area contributed by atoms with Crippen molar-refractivity contribution in [2.24, 2.45) is 0 Å². The zero-order chi connectivity index (χ0) is 16.2. The standard InChI is InChI=1S/C14H17N3O3S2/c1-3-5-6-7-9-22(19,20)14-16-17-12(18)10-11(8-4-2)15-13(17)21-14/h10H,3,5-7,9H2,1-2H3. The third-order valence-electron chi connectivity index (χ3n) is 3.01. The van der Waals surface area contributed by atoms with E-state index >= 15 is 0 Å². The highest BCUT2D eigenvalue weighted by Crippen LogP contribution is 2.19. The van der Waals surface area contributed by atoms with Crippen molar-refractivity contribution in [3.05, 3.63) is 22.1 Å². The summed E-state index contributed by atoms with van der Waals surface area (Å²) in [5.74, 6) is 5.39. The Morgan fingerprint density at radius 2 is 2.09 bits per heavy atom. The van der Waals surface area contributed by atoms with Crippen LogP contribution in [-0.2, 0) is 9.84 Å². The van der Waals surface area contributed by atoms with E-state index in [1.807, 2.05) is 0 Å². The molecule has 6 nitrogen and oxygen atoms in total. The number of hydrogen-bond donors (Lipinski definition) is 0. The van der Waals surface area contributed by atoms with Crippen LogP contribution in [0.1, 0.15) is 45.2 Å². The summed E-state index contributed by atoms with van der Waals surface area (Å²) in [6, 6.07) is 1.25. The number of sulfone groups is 1. The highest BCUT2D eigenvalue weighted by molar-refractivity contribution is 7.93. The van der Waals surface area contributed by atoms with Crippen molar-refractivity contribution in [2.75, 3.05) is 5.75 Å². The van der Waals surface area contributed by atoms with Crippen LogP contribution in [0, 0.1) is 11.8 Å². The number of hydrogen-bond acceptors (Lipinski definition) is 6. The second-order valence-electron chi connectivity index (χ2n) is 4.80. The molecule has 0 saturated carbocycles. The molecule has 8 heteroatoms. The van der Waals surface area contributed by atoms with Gasteiger partial charge in [-0.1, -0.05) is 43.4 Å². The van der Waals surface area contributed by atoms with Gasteiger partial charge in [-0.05, 0) is 19.3 Å². The van der Waals surface area contributed by atoms with Gasteiger partial charge in [-0.15, -0.1) is 5.10 Å². The SMILES string of the molecule is CC#Cc1cc(=O)n2nc(S(=O)(=O)CCCCCC)sc2n1. The first-order valence-electron chi connectivity index (χ1n) is 7.04. The molecule has 0 fully saturated rings. The molecule has 0 N–H and O–H groups in total. The predicted molar refractivity (Wildman–Crippen MR) is 85.9 cm³/mol. The largest absolute Gasteiger partial charge is 0.276 e. The summed E-state index contributed by atoms with van der Waals surface area (Å²) in [7, 11) is -3.47. The summed E-state index contributed by atoms with van der Waals surface area (Å²) in [5, 5.41) is 3.91. The van der Waals surface area contributed by atoms with Gasteiger partial charge in [-0.25, -0.2) is 13.4 Å². The minimum absolute atomic E-state index is 0.0448. The molecule has 0 aliphatic heterocycles. The van der Waals surface area contributed by atoms with Gasteiger partial charge in [0.1, 0.15) is 5.69 Å². The van der Waals surface area contributed by atoms with Gasteiger partial charge in [0.2, 0.25) is 19.1 Å². The lowest BCUT2D eigenvalue weighted by atomic mass is 10.2. The van der Waals surface area contributed by atoms with E-state index in [0.717, 1.165) is 35.1 Å². The molecule has 0 amide bonds. The summed E-state index contributed by atoms with van der Waals surface area (Å²) in [6.45, 7) is 3.71. The Hall–Kier alpha value is -1.72. The van der Waals surface area contributed by atoms with Crippen molar-refractivity contribution in [1.29, 1.82) is 0 Å². The van der Waals surface area contributed by atoms with Crippen molar-refractivity contribution in [3.8, 4) is 11.8 Å². The highest BCUT2D eigenvalue weighted by atomic mass is 32.2. The molecule has 0 aliphatic rings. The summed E-state index contributed by atoms with van der Waals surface area (Å²) < 4.78 is 25.5. The average Bonchev–Trinajstić information content (AvgIpc) is 2.89. The first kappa shape index (κ1) is 16.6. The van der Waals surface area contributed by atoms with Crippen LogP contribution in [0.3, 0.4) is 0 Å². The minimum Gasteiger partial charge on any atom is -0.267 e. The van der Waals surface area contributed by atoms with E-state index in [4.69, 9.17) is 0 Å².